The van der Waals surface area contributed by atoms with Gasteiger partial charge >= 0.3 is 12.1 Å². The molecule has 24 heavy (non-hydrogen) atoms. The number of esters is 1. The van der Waals surface area contributed by atoms with Crippen LogP contribution in [0, 0.1) is 0 Å². The van der Waals surface area contributed by atoms with Gasteiger partial charge in [-0.2, -0.15) is 13.2 Å². The summed E-state index contributed by atoms with van der Waals surface area (Å²) in [4.78, 5) is 13.7. The van der Waals surface area contributed by atoms with E-state index in [9.17, 15) is 18.0 Å². The van der Waals surface area contributed by atoms with Crippen LogP contribution in [0.5, 0.6) is 0 Å². The predicted octanol–water partition coefficient (Wildman–Crippen LogP) is 4.22. The third kappa shape index (κ3) is 3.94. The van der Waals surface area contributed by atoms with Crippen LogP contribution in [-0.2, 0) is 17.5 Å². The number of ether oxygens (including phenoxy) is 1. The van der Waals surface area contributed by atoms with Crippen LogP contribution in [-0.4, -0.2) is 32.1 Å². The smallest absolute Gasteiger partial charge is 0.416 e. The van der Waals surface area contributed by atoms with E-state index < -0.39 is 17.7 Å². The van der Waals surface area contributed by atoms with E-state index in [1.165, 1.54) is 6.07 Å². The first-order chi connectivity index (χ1) is 11.2. The maximum absolute atomic E-state index is 13.4. The molecule has 0 aliphatic carbocycles. The van der Waals surface area contributed by atoms with Gasteiger partial charge in [0, 0.05) is 6.54 Å². The Kier molecular flexibility index (Phi) is 5.29. The van der Waals surface area contributed by atoms with E-state index >= 15 is 0 Å². The molecule has 0 bridgehead atoms. The second-order valence-corrected chi connectivity index (χ2v) is 5.65. The highest BCUT2D eigenvalue weighted by Crippen LogP contribution is 2.37. The van der Waals surface area contributed by atoms with Crippen LogP contribution in [0.2, 0.25) is 0 Å². The van der Waals surface area contributed by atoms with Gasteiger partial charge in [-0.3, -0.25) is 0 Å². The van der Waals surface area contributed by atoms with Crippen LogP contribution in [0.3, 0.4) is 0 Å². The minimum absolute atomic E-state index is 0.0986. The minimum atomic E-state index is -4.55. The molecule has 0 spiro atoms. The quantitative estimate of drug-likeness (QED) is 0.783. The summed E-state index contributed by atoms with van der Waals surface area (Å²) in [5.74, 6) is -0.796. The molecule has 0 amide bonds. The Morgan fingerprint density at radius 1 is 1.12 bits per heavy atom. The van der Waals surface area contributed by atoms with E-state index in [4.69, 9.17) is 0 Å². The highest BCUT2D eigenvalue weighted by atomic mass is 19.4. The van der Waals surface area contributed by atoms with Gasteiger partial charge < -0.3 is 9.64 Å². The first-order valence-corrected chi connectivity index (χ1v) is 7.26. The Labute approximate surface area is 138 Å². The standard InChI is InChI=1S/C18H18F3NO2/c1-22(2)11-13-9-14(12-7-5-4-6-8-12)15(17(23)24-3)10-16(13)18(19,20)21/h4-10H,11H2,1-3H3. The Balaban J connectivity index is 2.75. The number of benzene rings is 2. The van der Waals surface area contributed by atoms with E-state index in [0.29, 0.717) is 11.1 Å². The zero-order valence-corrected chi connectivity index (χ0v) is 13.6. The Hall–Kier alpha value is -2.34. The van der Waals surface area contributed by atoms with Crippen molar-refractivity contribution in [1.82, 2.24) is 4.90 Å². The summed E-state index contributed by atoms with van der Waals surface area (Å²) in [5, 5.41) is 0. The molecule has 0 atom stereocenters. The van der Waals surface area contributed by atoms with Crippen LogP contribution in [0.25, 0.3) is 11.1 Å². The third-order valence-electron chi connectivity index (χ3n) is 3.53. The molecule has 0 unspecified atom stereocenters. The lowest BCUT2D eigenvalue weighted by molar-refractivity contribution is -0.138. The van der Waals surface area contributed by atoms with Crippen molar-refractivity contribution < 1.29 is 22.7 Å². The van der Waals surface area contributed by atoms with Crippen molar-refractivity contribution >= 4 is 5.97 Å². The molecule has 0 radical (unpaired) electrons. The predicted molar refractivity (Wildman–Crippen MR) is 85.6 cm³/mol. The number of halogens is 3. The number of hydrogen-bond donors (Lipinski definition) is 0. The van der Waals surface area contributed by atoms with E-state index in [1.807, 2.05) is 0 Å². The fourth-order valence-electron chi connectivity index (χ4n) is 2.52. The molecule has 0 aliphatic heterocycles. The summed E-state index contributed by atoms with van der Waals surface area (Å²) in [7, 11) is 4.53. The van der Waals surface area contributed by atoms with Crippen molar-refractivity contribution in [2.24, 2.45) is 0 Å². The first kappa shape index (κ1) is 18.0. The lowest BCUT2D eigenvalue weighted by Crippen LogP contribution is -2.18. The molecule has 0 fully saturated rings. The van der Waals surface area contributed by atoms with Crippen molar-refractivity contribution in [3.8, 4) is 11.1 Å². The Morgan fingerprint density at radius 3 is 2.25 bits per heavy atom. The zero-order chi connectivity index (χ0) is 17.9. The lowest BCUT2D eigenvalue weighted by Gasteiger charge is -2.20. The molecule has 0 aliphatic rings. The fraction of sp³-hybridized carbons (Fsp3) is 0.278. The second kappa shape index (κ2) is 7.05. The Bertz CT molecular complexity index is 725. The SMILES string of the molecule is COC(=O)c1cc(C(F)(F)F)c(CN(C)C)cc1-c1ccccc1. The maximum atomic E-state index is 13.4. The monoisotopic (exact) mass is 337 g/mol. The first-order valence-electron chi connectivity index (χ1n) is 7.26. The largest absolute Gasteiger partial charge is 0.465 e. The second-order valence-electron chi connectivity index (χ2n) is 5.65. The summed E-state index contributed by atoms with van der Waals surface area (Å²) in [6.07, 6.45) is -4.55. The fourth-order valence-corrected chi connectivity index (χ4v) is 2.52. The highest BCUT2D eigenvalue weighted by Gasteiger charge is 2.35. The number of rotatable bonds is 4. The van der Waals surface area contributed by atoms with Crippen molar-refractivity contribution in [3.05, 3.63) is 59.2 Å². The molecule has 128 valence electrons. The topological polar surface area (TPSA) is 29.5 Å². The molecule has 0 saturated carbocycles. The van der Waals surface area contributed by atoms with Crippen molar-refractivity contribution in [3.63, 3.8) is 0 Å². The van der Waals surface area contributed by atoms with Gasteiger partial charge in [0.2, 0.25) is 0 Å². The number of hydrogen-bond acceptors (Lipinski definition) is 3. The molecule has 0 heterocycles. The number of alkyl halides is 3. The molecule has 6 heteroatoms. The van der Waals surface area contributed by atoms with Gasteiger partial charge in [0.15, 0.2) is 0 Å². The minimum Gasteiger partial charge on any atom is -0.465 e. The summed E-state index contributed by atoms with van der Waals surface area (Å²) < 4.78 is 44.9. The van der Waals surface area contributed by atoms with Gasteiger partial charge in [0.05, 0.1) is 18.2 Å². The van der Waals surface area contributed by atoms with E-state index in [-0.39, 0.29) is 17.7 Å². The summed E-state index contributed by atoms with van der Waals surface area (Å²) >= 11 is 0. The molecule has 2 aromatic rings. The average Bonchev–Trinajstić information content (AvgIpc) is 2.53. The van der Waals surface area contributed by atoms with Gasteiger partial charge in [-0.25, -0.2) is 4.79 Å². The highest BCUT2D eigenvalue weighted by molar-refractivity contribution is 5.97. The van der Waals surface area contributed by atoms with Crippen LogP contribution in [0.15, 0.2) is 42.5 Å². The summed E-state index contributed by atoms with van der Waals surface area (Å²) in [6.45, 7) is 0.107. The van der Waals surface area contributed by atoms with Crippen LogP contribution in [0.1, 0.15) is 21.5 Å². The van der Waals surface area contributed by atoms with Gasteiger partial charge in [0.1, 0.15) is 0 Å². The number of methoxy groups -OCH3 is 1. The van der Waals surface area contributed by atoms with Crippen molar-refractivity contribution in [2.75, 3.05) is 21.2 Å². The average molecular weight is 337 g/mol. The van der Waals surface area contributed by atoms with Gasteiger partial charge in [-0.1, -0.05) is 30.3 Å². The summed E-state index contributed by atoms with van der Waals surface area (Å²) in [6, 6.07) is 11.1. The Morgan fingerprint density at radius 2 is 1.75 bits per heavy atom. The van der Waals surface area contributed by atoms with Crippen LogP contribution < -0.4 is 0 Å². The van der Waals surface area contributed by atoms with Gasteiger partial charge in [-0.15, -0.1) is 0 Å². The third-order valence-corrected chi connectivity index (χ3v) is 3.53. The maximum Gasteiger partial charge on any atom is 0.416 e. The van der Waals surface area contributed by atoms with Crippen LogP contribution in [0.4, 0.5) is 13.2 Å². The van der Waals surface area contributed by atoms with E-state index in [0.717, 1.165) is 13.2 Å². The van der Waals surface area contributed by atoms with Crippen molar-refractivity contribution in [2.45, 2.75) is 12.7 Å². The molecule has 0 saturated heterocycles. The number of nitrogens with zero attached hydrogens (tertiary/aromatic N) is 1. The molecular formula is C18H18F3NO2. The van der Waals surface area contributed by atoms with Crippen LogP contribution >= 0.6 is 0 Å². The van der Waals surface area contributed by atoms with E-state index in [2.05, 4.69) is 4.74 Å². The molecule has 2 aromatic carbocycles. The molecule has 2 rings (SSSR count). The van der Waals surface area contributed by atoms with Crippen molar-refractivity contribution in [1.29, 1.82) is 0 Å². The molecule has 0 N–H and O–H groups in total. The van der Waals surface area contributed by atoms with Gasteiger partial charge in [0.25, 0.3) is 0 Å². The summed E-state index contributed by atoms with van der Waals surface area (Å²) in [5.41, 5.74) is 0.271. The molecular weight excluding hydrogens is 319 g/mol. The van der Waals surface area contributed by atoms with E-state index in [1.54, 1.807) is 49.3 Å². The molecule has 0 aromatic heterocycles. The number of carbonyl (C=O) groups is 1. The molecule has 3 nitrogen and oxygen atoms in total. The zero-order valence-electron chi connectivity index (χ0n) is 13.6. The number of carbonyl (C=O) groups excluding carboxylic acids is 1. The normalized spacial score (nSPS) is 11.6. The lowest BCUT2D eigenvalue weighted by atomic mass is 9.93. The van der Waals surface area contributed by atoms with Gasteiger partial charge in [-0.05, 0) is 42.9 Å².